The summed E-state index contributed by atoms with van der Waals surface area (Å²) in [6.07, 6.45) is 7.42. The van der Waals surface area contributed by atoms with Crippen molar-refractivity contribution in [1.29, 1.82) is 0 Å². The number of aromatic amines is 1. The molecule has 2 fully saturated rings. The number of carbonyl (C=O) groups is 2. The van der Waals surface area contributed by atoms with Gasteiger partial charge in [0, 0.05) is 60.4 Å². The molecular formula is C30H36N4O3. The highest BCUT2D eigenvalue weighted by Crippen LogP contribution is 2.47. The fourth-order valence-corrected chi connectivity index (χ4v) is 6.88. The maximum atomic E-state index is 13.8. The maximum Gasteiger partial charge on any atom is 0.251 e. The molecule has 2 aliphatic heterocycles. The van der Waals surface area contributed by atoms with Crippen LogP contribution in [-0.2, 0) is 9.53 Å². The standard InChI is InChI=1S/C30H36N4O3/c1-37-18-27-23-13-15-34(29(23)22-7-3-5-9-26(22)32-27)28(35)17-19-6-2-4-8-25(19)33-30(36)21-10-11-24-20(16-21)12-14-31-24/h3,5,7,9-12,14,16,19,23,25,27,29,31-32H,2,4,6,8,13,15,17-18H2,1H3,(H,33,36)/t19-,23-,25-,27+,29+/m1/s1. The highest BCUT2D eigenvalue weighted by Gasteiger charge is 2.46. The van der Waals surface area contributed by atoms with Crippen molar-refractivity contribution in [2.75, 3.05) is 25.6 Å². The molecule has 0 spiro atoms. The number of likely N-dealkylation sites (tertiary alicyclic amines) is 1. The fraction of sp³-hybridized carbons (Fsp3) is 0.467. The second-order valence-electron chi connectivity index (χ2n) is 10.9. The molecule has 1 aromatic heterocycles. The summed E-state index contributed by atoms with van der Waals surface area (Å²) in [5.41, 5.74) is 4.00. The van der Waals surface area contributed by atoms with Crippen LogP contribution >= 0.6 is 0 Å². The lowest BCUT2D eigenvalue weighted by Crippen LogP contribution is -2.46. The van der Waals surface area contributed by atoms with Crippen molar-refractivity contribution in [3.05, 3.63) is 65.9 Å². The second kappa shape index (κ2) is 10.2. The zero-order valence-corrected chi connectivity index (χ0v) is 21.4. The van der Waals surface area contributed by atoms with Crippen molar-refractivity contribution < 1.29 is 14.3 Å². The van der Waals surface area contributed by atoms with Crippen molar-refractivity contribution in [2.24, 2.45) is 11.8 Å². The first-order valence-corrected chi connectivity index (χ1v) is 13.6. The van der Waals surface area contributed by atoms with Crippen molar-refractivity contribution in [3.8, 4) is 0 Å². The summed E-state index contributed by atoms with van der Waals surface area (Å²) < 4.78 is 5.52. The SMILES string of the molecule is COC[C@@H]1Nc2ccccc2[C@H]2[C@@H]1CCN2C(=O)C[C@H]1CCCC[C@H]1NC(=O)c1ccc2[nH]ccc2c1. The normalized spacial score (nSPS) is 26.8. The van der Waals surface area contributed by atoms with Crippen molar-refractivity contribution in [3.63, 3.8) is 0 Å². The monoisotopic (exact) mass is 500 g/mol. The molecule has 194 valence electrons. The van der Waals surface area contributed by atoms with Crippen LogP contribution in [-0.4, -0.2) is 54.0 Å². The van der Waals surface area contributed by atoms with E-state index >= 15 is 0 Å². The number of anilines is 1. The summed E-state index contributed by atoms with van der Waals surface area (Å²) in [7, 11) is 1.74. The van der Waals surface area contributed by atoms with Crippen LogP contribution in [0.1, 0.15) is 60.5 Å². The number of H-pyrrole nitrogens is 1. The fourth-order valence-electron chi connectivity index (χ4n) is 6.88. The molecule has 2 amide bonds. The Hall–Kier alpha value is -3.32. The number of aromatic nitrogens is 1. The maximum absolute atomic E-state index is 13.8. The summed E-state index contributed by atoms with van der Waals surface area (Å²) >= 11 is 0. The van der Waals surface area contributed by atoms with E-state index in [-0.39, 0.29) is 35.9 Å². The number of hydrogen-bond donors (Lipinski definition) is 3. The second-order valence-corrected chi connectivity index (χ2v) is 10.9. The molecule has 6 rings (SSSR count). The van der Waals surface area contributed by atoms with E-state index in [0.29, 0.717) is 24.5 Å². The minimum absolute atomic E-state index is 0.0204. The molecule has 3 aromatic rings. The van der Waals surface area contributed by atoms with Crippen LogP contribution < -0.4 is 10.6 Å². The lowest BCUT2D eigenvalue weighted by molar-refractivity contribution is -0.134. The van der Waals surface area contributed by atoms with Gasteiger partial charge in [-0.15, -0.1) is 0 Å². The highest BCUT2D eigenvalue weighted by atomic mass is 16.5. The van der Waals surface area contributed by atoms with Crippen LogP contribution in [0.25, 0.3) is 10.9 Å². The first-order valence-electron chi connectivity index (χ1n) is 13.6. The van der Waals surface area contributed by atoms with Crippen LogP contribution in [0.4, 0.5) is 5.69 Å². The molecule has 1 saturated carbocycles. The van der Waals surface area contributed by atoms with E-state index < -0.39 is 0 Å². The van der Waals surface area contributed by atoms with Crippen molar-refractivity contribution in [1.82, 2.24) is 15.2 Å². The third-order valence-electron chi connectivity index (χ3n) is 8.73. The Morgan fingerprint density at radius 1 is 1.08 bits per heavy atom. The van der Waals surface area contributed by atoms with Crippen LogP contribution in [0.15, 0.2) is 54.7 Å². The van der Waals surface area contributed by atoms with Crippen LogP contribution in [0.5, 0.6) is 0 Å². The summed E-state index contributed by atoms with van der Waals surface area (Å²) in [4.78, 5) is 32.3. The molecule has 1 saturated heterocycles. The summed E-state index contributed by atoms with van der Waals surface area (Å²) in [5.74, 6) is 0.652. The lowest BCUT2D eigenvalue weighted by Gasteiger charge is -2.40. The Kier molecular flexibility index (Phi) is 6.63. The van der Waals surface area contributed by atoms with E-state index in [2.05, 4.69) is 38.7 Å². The summed E-state index contributed by atoms with van der Waals surface area (Å²) in [6, 6.07) is 16.4. The molecular weight excluding hydrogens is 464 g/mol. The molecule has 0 radical (unpaired) electrons. The number of benzene rings is 2. The number of nitrogens with zero attached hydrogens (tertiary/aromatic N) is 1. The Bertz CT molecular complexity index is 1290. The van der Waals surface area contributed by atoms with Gasteiger partial charge in [0.25, 0.3) is 5.91 Å². The molecule has 37 heavy (non-hydrogen) atoms. The number of ether oxygens (including phenoxy) is 1. The molecule has 0 bridgehead atoms. The third kappa shape index (κ3) is 4.61. The number of methoxy groups -OCH3 is 1. The molecule has 0 unspecified atom stereocenters. The van der Waals surface area contributed by atoms with Gasteiger partial charge in [0.2, 0.25) is 5.91 Å². The number of para-hydroxylation sites is 1. The Morgan fingerprint density at radius 3 is 2.84 bits per heavy atom. The Morgan fingerprint density at radius 2 is 1.95 bits per heavy atom. The molecule has 5 atom stereocenters. The van der Waals surface area contributed by atoms with Gasteiger partial charge in [-0.05, 0) is 61.1 Å². The molecule has 3 heterocycles. The quantitative estimate of drug-likeness (QED) is 0.450. The molecule has 2 aromatic carbocycles. The van der Waals surface area contributed by atoms with Gasteiger partial charge < -0.3 is 25.3 Å². The molecule has 7 heteroatoms. The minimum atomic E-state index is -0.0524. The zero-order valence-electron chi connectivity index (χ0n) is 21.4. The van der Waals surface area contributed by atoms with Gasteiger partial charge in [-0.3, -0.25) is 9.59 Å². The summed E-state index contributed by atoms with van der Waals surface area (Å²) in [6.45, 7) is 1.40. The van der Waals surface area contributed by atoms with E-state index in [0.717, 1.165) is 55.2 Å². The van der Waals surface area contributed by atoms with Gasteiger partial charge in [-0.1, -0.05) is 31.0 Å². The zero-order chi connectivity index (χ0) is 25.4. The van der Waals surface area contributed by atoms with Gasteiger partial charge in [0.1, 0.15) is 0 Å². The average Bonchev–Trinajstić information content (AvgIpc) is 3.57. The van der Waals surface area contributed by atoms with Gasteiger partial charge in [-0.2, -0.15) is 0 Å². The lowest BCUT2D eigenvalue weighted by atomic mass is 9.81. The number of rotatable bonds is 6. The van der Waals surface area contributed by atoms with E-state index in [1.54, 1.807) is 7.11 Å². The highest BCUT2D eigenvalue weighted by molar-refractivity contribution is 5.98. The van der Waals surface area contributed by atoms with Crippen LogP contribution in [0, 0.1) is 11.8 Å². The largest absolute Gasteiger partial charge is 0.383 e. The molecule has 3 aliphatic rings. The van der Waals surface area contributed by atoms with Gasteiger partial charge in [0.05, 0.1) is 18.7 Å². The molecule has 3 N–H and O–H groups in total. The molecule has 7 nitrogen and oxygen atoms in total. The van der Waals surface area contributed by atoms with Gasteiger partial charge in [0.15, 0.2) is 0 Å². The first kappa shape index (κ1) is 24.0. The van der Waals surface area contributed by atoms with Gasteiger partial charge >= 0.3 is 0 Å². The predicted octanol–water partition coefficient (Wildman–Crippen LogP) is 4.88. The van der Waals surface area contributed by atoms with E-state index in [1.165, 1.54) is 5.56 Å². The van der Waals surface area contributed by atoms with Gasteiger partial charge in [-0.25, -0.2) is 0 Å². The number of carbonyl (C=O) groups excluding carboxylic acids is 2. The van der Waals surface area contributed by atoms with Crippen molar-refractivity contribution in [2.45, 2.75) is 56.7 Å². The minimum Gasteiger partial charge on any atom is -0.383 e. The van der Waals surface area contributed by atoms with E-state index in [9.17, 15) is 9.59 Å². The van der Waals surface area contributed by atoms with Crippen molar-refractivity contribution >= 4 is 28.4 Å². The predicted molar refractivity (Wildman–Crippen MR) is 144 cm³/mol. The Labute approximate surface area is 217 Å². The summed E-state index contributed by atoms with van der Waals surface area (Å²) in [5, 5.41) is 7.97. The number of hydrogen-bond acceptors (Lipinski definition) is 4. The number of amides is 2. The van der Waals surface area contributed by atoms with Crippen LogP contribution in [0.2, 0.25) is 0 Å². The first-order chi connectivity index (χ1) is 18.1. The van der Waals surface area contributed by atoms with Crippen LogP contribution in [0.3, 0.4) is 0 Å². The third-order valence-corrected chi connectivity index (χ3v) is 8.73. The number of fused-ring (bicyclic) bond motifs is 4. The molecule has 1 aliphatic carbocycles. The topological polar surface area (TPSA) is 86.5 Å². The van der Waals surface area contributed by atoms with E-state index in [4.69, 9.17) is 4.74 Å². The Balaban J connectivity index is 1.17. The average molecular weight is 501 g/mol. The van der Waals surface area contributed by atoms with E-state index in [1.807, 2.05) is 36.5 Å². The number of nitrogens with one attached hydrogen (secondary N) is 3. The smallest absolute Gasteiger partial charge is 0.251 e.